The Hall–Kier alpha value is -1.43. The molecule has 0 aliphatic carbocycles. The highest BCUT2D eigenvalue weighted by atomic mass is 19.4. The number of ether oxygens (including phenoxy) is 1. The zero-order valence-electron chi connectivity index (χ0n) is 8.45. The molecule has 0 aliphatic heterocycles. The molecule has 90 valence electrons. The summed E-state index contributed by atoms with van der Waals surface area (Å²) < 4.78 is 41.5. The van der Waals surface area contributed by atoms with Crippen molar-refractivity contribution < 1.29 is 28.1 Å². The number of aliphatic hydroxyl groups is 1. The van der Waals surface area contributed by atoms with Gasteiger partial charge in [0.1, 0.15) is 0 Å². The maximum absolute atomic E-state index is 12.2. The third-order valence-electron chi connectivity index (χ3n) is 1.91. The number of halogens is 3. The second-order valence-electron chi connectivity index (χ2n) is 3.10. The Morgan fingerprint density at radius 2 is 2.00 bits per heavy atom. The van der Waals surface area contributed by atoms with E-state index < -0.39 is 12.3 Å². The van der Waals surface area contributed by atoms with E-state index >= 15 is 0 Å². The number of rotatable bonds is 3. The number of aromatic hydroxyl groups is 1. The van der Waals surface area contributed by atoms with Crippen LogP contribution in [0.3, 0.4) is 0 Å². The van der Waals surface area contributed by atoms with Crippen molar-refractivity contribution in [1.82, 2.24) is 0 Å². The highest BCUT2D eigenvalue weighted by Gasteiger charge is 2.39. The van der Waals surface area contributed by atoms with Crippen LogP contribution in [-0.4, -0.2) is 23.0 Å². The van der Waals surface area contributed by atoms with Crippen LogP contribution in [0, 0.1) is 0 Å². The summed E-state index contributed by atoms with van der Waals surface area (Å²) in [6, 6.07) is 3.02. The van der Waals surface area contributed by atoms with Gasteiger partial charge in [0, 0.05) is 0 Å². The van der Waals surface area contributed by atoms with Gasteiger partial charge in [-0.05, 0) is 24.6 Å². The Morgan fingerprint density at radius 3 is 2.50 bits per heavy atom. The molecule has 0 saturated carbocycles. The van der Waals surface area contributed by atoms with Crippen LogP contribution in [0.5, 0.6) is 11.5 Å². The van der Waals surface area contributed by atoms with E-state index in [2.05, 4.69) is 0 Å². The van der Waals surface area contributed by atoms with Crippen molar-refractivity contribution in [2.24, 2.45) is 0 Å². The lowest BCUT2D eigenvalue weighted by Gasteiger charge is -2.16. The van der Waals surface area contributed by atoms with Gasteiger partial charge in [0.25, 0.3) is 0 Å². The van der Waals surface area contributed by atoms with Gasteiger partial charge in [-0.3, -0.25) is 0 Å². The van der Waals surface area contributed by atoms with Crippen LogP contribution in [0.25, 0.3) is 0 Å². The molecule has 0 radical (unpaired) electrons. The molecule has 0 amide bonds. The lowest BCUT2D eigenvalue weighted by atomic mass is 10.1. The van der Waals surface area contributed by atoms with Gasteiger partial charge in [-0.15, -0.1) is 0 Å². The van der Waals surface area contributed by atoms with E-state index in [4.69, 9.17) is 9.84 Å². The molecule has 3 nitrogen and oxygen atoms in total. The molecule has 0 aromatic heterocycles. The van der Waals surface area contributed by atoms with Crippen molar-refractivity contribution in [2.75, 3.05) is 6.61 Å². The van der Waals surface area contributed by atoms with Crippen LogP contribution in [0.4, 0.5) is 13.2 Å². The first-order chi connectivity index (χ1) is 7.36. The summed E-state index contributed by atoms with van der Waals surface area (Å²) in [5.41, 5.74) is -0.367. The average molecular weight is 236 g/mol. The monoisotopic (exact) mass is 236 g/mol. The molecule has 2 N–H and O–H groups in total. The van der Waals surface area contributed by atoms with Crippen molar-refractivity contribution in [2.45, 2.75) is 19.2 Å². The van der Waals surface area contributed by atoms with Gasteiger partial charge in [-0.1, -0.05) is 6.07 Å². The van der Waals surface area contributed by atoms with Crippen molar-refractivity contribution in [3.05, 3.63) is 23.8 Å². The molecule has 0 unspecified atom stereocenters. The van der Waals surface area contributed by atoms with Crippen molar-refractivity contribution in [1.29, 1.82) is 0 Å². The number of aliphatic hydroxyl groups excluding tert-OH is 1. The van der Waals surface area contributed by atoms with E-state index in [1.165, 1.54) is 0 Å². The molecule has 1 aromatic carbocycles. The first-order valence-corrected chi connectivity index (χ1v) is 4.56. The average Bonchev–Trinajstić information content (AvgIpc) is 2.19. The fraction of sp³-hybridized carbons (Fsp3) is 0.400. The topological polar surface area (TPSA) is 49.7 Å². The standard InChI is InChI=1S/C10H11F3O3/c1-2-16-8-5-6(3-4-7(8)14)9(15)10(11,12)13/h3-5,9,14-15H,2H2,1H3/t9-/m0/s1. The van der Waals surface area contributed by atoms with Crippen LogP contribution >= 0.6 is 0 Å². The van der Waals surface area contributed by atoms with Gasteiger partial charge in [0.15, 0.2) is 17.6 Å². The van der Waals surface area contributed by atoms with Crippen LogP contribution in [0.15, 0.2) is 18.2 Å². The van der Waals surface area contributed by atoms with Gasteiger partial charge in [0.2, 0.25) is 0 Å². The zero-order chi connectivity index (χ0) is 12.3. The number of hydrogen-bond donors (Lipinski definition) is 2. The molecule has 0 saturated heterocycles. The van der Waals surface area contributed by atoms with Gasteiger partial charge in [0.05, 0.1) is 6.61 Å². The van der Waals surface area contributed by atoms with E-state index in [1.54, 1.807) is 6.92 Å². The molecule has 0 heterocycles. The second kappa shape index (κ2) is 4.61. The fourth-order valence-corrected chi connectivity index (χ4v) is 1.16. The molecule has 0 aliphatic rings. The van der Waals surface area contributed by atoms with E-state index in [0.29, 0.717) is 0 Å². The van der Waals surface area contributed by atoms with Gasteiger partial charge in [-0.25, -0.2) is 0 Å². The molecular weight excluding hydrogens is 225 g/mol. The smallest absolute Gasteiger partial charge is 0.418 e. The molecule has 1 aromatic rings. The minimum atomic E-state index is -4.74. The van der Waals surface area contributed by atoms with Gasteiger partial charge >= 0.3 is 6.18 Å². The van der Waals surface area contributed by atoms with Crippen LogP contribution in [0.2, 0.25) is 0 Å². The van der Waals surface area contributed by atoms with E-state index in [-0.39, 0.29) is 23.7 Å². The minimum Gasteiger partial charge on any atom is -0.504 e. The van der Waals surface area contributed by atoms with Crippen LogP contribution in [-0.2, 0) is 0 Å². The predicted octanol–water partition coefficient (Wildman–Crippen LogP) is 2.39. The Bertz CT molecular complexity index is 363. The lowest BCUT2D eigenvalue weighted by Crippen LogP contribution is -2.20. The van der Waals surface area contributed by atoms with Gasteiger partial charge in [-0.2, -0.15) is 13.2 Å². The summed E-state index contributed by atoms with van der Waals surface area (Å²) in [7, 11) is 0. The normalized spacial score (nSPS) is 13.6. The van der Waals surface area contributed by atoms with Crippen molar-refractivity contribution in [3.8, 4) is 11.5 Å². The molecule has 0 spiro atoms. The largest absolute Gasteiger partial charge is 0.504 e. The molecule has 0 bridgehead atoms. The van der Waals surface area contributed by atoms with Gasteiger partial charge < -0.3 is 14.9 Å². The molecule has 16 heavy (non-hydrogen) atoms. The summed E-state index contributed by atoms with van der Waals surface area (Å²) in [6.07, 6.45) is -7.31. The van der Waals surface area contributed by atoms with Crippen molar-refractivity contribution >= 4 is 0 Å². The number of alkyl halides is 3. The number of phenols is 1. The van der Waals surface area contributed by atoms with E-state index in [1.807, 2.05) is 0 Å². The Kier molecular flexibility index (Phi) is 3.64. The molecule has 1 rings (SSSR count). The number of phenolic OH excluding ortho intramolecular Hbond substituents is 1. The fourth-order valence-electron chi connectivity index (χ4n) is 1.16. The summed E-state index contributed by atoms with van der Waals surface area (Å²) in [5.74, 6) is -0.344. The highest BCUT2D eigenvalue weighted by Crippen LogP contribution is 2.36. The Balaban J connectivity index is 3.03. The van der Waals surface area contributed by atoms with Crippen LogP contribution < -0.4 is 4.74 Å². The minimum absolute atomic E-state index is 0.0803. The lowest BCUT2D eigenvalue weighted by molar-refractivity contribution is -0.206. The summed E-state index contributed by atoms with van der Waals surface area (Å²) >= 11 is 0. The summed E-state index contributed by atoms with van der Waals surface area (Å²) in [4.78, 5) is 0. The Morgan fingerprint density at radius 1 is 1.38 bits per heavy atom. The number of hydrogen-bond acceptors (Lipinski definition) is 3. The Labute approximate surface area is 90.1 Å². The third-order valence-corrected chi connectivity index (χ3v) is 1.91. The second-order valence-corrected chi connectivity index (χ2v) is 3.10. The molecule has 6 heteroatoms. The molecule has 0 fully saturated rings. The van der Waals surface area contributed by atoms with Crippen LogP contribution in [0.1, 0.15) is 18.6 Å². The highest BCUT2D eigenvalue weighted by molar-refractivity contribution is 5.42. The molecular formula is C10H11F3O3. The first kappa shape index (κ1) is 12.6. The quantitative estimate of drug-likeness (QED) is 0.847. The summed E-state index contributed by atoms with van der Waals surface area (Å²) in [5, 5.41) is 18.2. The third kappa shape index (κ3) is 2.79. The summed E-state index contributed by atoms with van der Waals surface area (Å²) in [6.45, 7) is 1.84. The van der Waals surface area contributed by atoms with E-state index in [0.717, 1.165) is 18.2 Å². The first-order valence-electron chi connectivity index (χ1n) is 4.56. The zero-order valence-corrected chi connectivity index (χ0v) is 8.45. The molecule has 1 atom stereocenters. The SMILES string of the molecule is CCOc1cc([C@H](O)C(F)(F)F)ccc1O. The predicted molar refractivity (Wildman–Crippen MR) is 50.3 cm³/mol. The van der Waals surface area contributed by atoms with Crippen molar-refractivity contribution in [3.63, 3.8) is 0 Å². The van der Waals surface area contributed by atoms with E-state index in [9.17, 15) is 18.3 Å². The maximum atomic E-state index is 12.2. The maximum Gasteiger partial charge on any atom is 0.418 e. The number of benzene rings is 1.